The lowest BCUT2D eigenvalue weighted by atomic mass is 10.3. The molecule has 1 aromatic rings. The van der Waals surface area contributed by atoms with Crippen LogP contribution in [0.2, 0.25) is 0 Å². The second-order valence-electron chi connectivity index (χ2n) is 3.04. The van der Waals surface area contributed by atoms with Gasteiger partial charge in [-0.05, 0) is 13.0 Å². The van der Waals surface area contributed by atoms with Gasteiger partial charge < -0.3 is 9.64 Å². The number of hydrogen-bond donors (Lipinski definition) is 0. The summed E-state index contributed by atoms with van der Waals surface area (Å²) >= 11 is 0. The molecule has 0 bridgehead atoms. The van der Waals surface area contributed by atoms with E-state index in [2.05, 4.69) is 10.2 Å². The van der Waals surface area contributed by atoms with Crippen molar-refractivity contribution in [2.75, 3.05) is 25.1 Å². The van der Waals surface area contributed by atoms with Gasteiger partial charge in [0.25, 0.3) is 0 Å². The highest BCUT2D eigenvalue weighted by Crippen LogP contribution is 2.12. The van der Waals surface area contributed by atoms with Crippen LogP contribution in [0.25, 0.3) is 0 Å². The largest absolute Gasteiger partial charge is 0.465 e. The van der Waals surface area contributed by atoms with Crippen molar-refractivity contribution >= 4 is 11.8 Å². The molecule has 0 aliphatic heterocycles. The molecule has 1 rings (SSSR count). The Morgan fingerprint density at radius 1 is 1.69 bits per heavy atom. The Kier molecular flexibility index (Phi) is 4.21. The van der Waals surface area contributed by atoms with Gasteiger partial charge in [0, 0.05) is 7.05 Å². The van der Waals surface area contributed by atoms with E-state index in [4.69, 9.17) is 10.00 Å². The highest BCUT2D eigenvalue weighted by atomic mass is 16.5. The smallest absolute Gasteiger partial charge is 0.325 e. The molecule has 84 valence electrons. The predicted molar refractivity (Wildman–Crippen MR) is 56.7 cm³/mol. The van der Waals surface area contributed by atoms with Gasteiger partial charge in [0.05, 0.1) is 18.4 Å². The standard InChI is InChI=1S/C10H12N4O2/c1-3-16-9(15)7-14(2)10-8(6-11)4-5-12-13-10/h4-5H,3,7H2,1-2H3. The van der Waals surface area contributed by atoms with E-state index in [0.29, 0.717) is 18.0 Å². The maximum absolute atomic E-state index is 11.2. The van der Waals surface area contributed by atoms with Crippen molar-refractivity contribution < 1.29 is 9.53 Å². The number of carbonyl (C=O) groups excluding carboxylic acids is 1. The van der Waals surface area contributed by atoms with E-state index in [1.807, 2.05) is 6.07 Å². The molecule has 0 aliphatic carbocycles. The van der Waals surface area contributed by atoms with Crippen molar-refractivity contribution in [3.63, 3.8) is 0 Å². The van der Waals surface area contributed by atoms with E-state index in [1.165, 1.54) is 11.1 Å². The van der Waals surface area contributed by atoms with Crippen molar-refractivity contribution in [3.05, 3.63) is 17.8 Å². The number of carbonyl (C=O) groups is 1. The van der Waals surface area contributed by atoms with E-state index in [-0.39, 0.29) is 12.5 Å². The van der Waals surface area contributed by atoms with Crippen LogP contribution in [0.4, 0.5) is 5.82 Å². The normalized spacial score (nSPS) is 9.31. The molecule has 0 atom stereocenters. The predicted octanol–water partition coefficient (Wildman–Crippen LogP) is 0.348. The zero-order valence-electron chi connectivity index (χ0n) is 9.17. The first-order valence-corrected chi connectivity index (χ1v) is 4.77. The Hall–Kier alpha value is -2.16. The second kappa shape index (κ2) is 5.66. The van der Waals surface area contributed by atoms with Gasteiger partial charge in [0.2, 0.25) is 0 Å². The fourth-order valence-corrected chi connectivity index (χ4v) is 1.17. The highest BCUT2D eigenvalue weighted by molar-refractivity contribution is 5.75. The minimum absolute atomic E-state index is 0.0429. The van der Waals surface area contributed by atoms with E-state index in [9.17, 15) is 4.79 Å². The Bertz CT molecular complexity index is 414. The number of ether oxygens (including phenoxy) is 1. The maximum Gasteiger partial charge on any atom is 0.325 e. The van der Waals surface area contributed by atoms with E-state index < -0.39 is 0 Å². The summed E-state index contributed by atoms with van der Waals surface area (Å²) in [5.74, 6) is 0.0117. The number of rotatable bonds is 4. The first kappa shape index (κ1) is 11.9. The van der Waals surface area contributed by atoms with Gasteiger partial charge in [0.1, 0.15) is 12.6 Å². The number of nitriles is 1. The van der Waals surface area contributed by atoms with Crippen LogP contribution in [-0.2, 0) is 9.53 Å². The van der Waals surface area contributed by atoms with Crippen molar-refractivity contribution in [1.82, 2.24) is 10.2 Å². The molecule has 0 aromatic carbocycles. The number of likely N-dealkylation sites (N-methyl/N-ethyl adjacent to an activating group) is 1. The van der Waals surface area contributed by atoms with Crippen molar-refractivity contribution in [3.8, 4) is 6.07 Å². The summed E-state index contributed by atoms with van der Waals surface area (Å²) in [7, 11) is 1.65. The Labute approximate surface area is 93.5 Å². The zero-order chi connectivity index (χ0) is 12.0. The van der Waals surface area contributed by atoms with Crippen LogP contribution in [0.1, 0.15) is 12.5 Å². The third-order valence-electron chi connectivity index (χ3n) is 1.85. The summed E-state index contributed by atoms with van der Waals surface area (Å²) in [5.41, 5.74) is 0.377. The van der Waals surface area contributed by atoms with Crippen LogP contribution in [0.3, 0.4) is 0 Å². The summed E-state index contributed by atoms with van der Waals surface area (Å²) < 4.78 is 4.80. The van der Waals surface area contributed by atoms with Crippen LogP contribution in [0.5, 0.6) is 0 Å². The molecule has 16 heavy (non-hydrogen) atoms. The fourth-order valence-electron chi connectivity index (χ4n) is 1.17. The van der Waals surface area contributed by atoms with Crippen molar-refractivity contribution in [1.29, 1.82) is 5.26 Å². The lowest BCUT2D eigenvalue weighted by Crippen LogP contribution is -2.28. The molecule has 0 saturated heterocycles. The monoisotopic (exact) mass is 220 g/mol. The molecular weight excluding hydrogens is 208 g/mol. The minimum atomic E-state index is -0.362. The molecule has 1 heterocycles. The summed E-state index contributed by atoms with van der Waals surface area (Å²) in [5, 5.41) is 16.3. The Balaban J connectivity index is 2.77. The van der Waals surface area contributed by atoms with Crippen LogP contribution >= 0.6 is 0 Å². The van der Waals surface area contributed by atoms with Gasteiger partial charge in [-0.15, -0.1) is 5.10 Å². The van der Waals surface area contributed by atoms with Gasteiger partial charge in [-0.25, -0.2) is 0 Å². The van der Waals surface area contributed by atoms with Crippen LogP contribution in [-0.4, -0.2) is 36.4 Å². The van der Waals surface area contributed by atoms with Gasteiger partial charge in [-0.3, -0.25) is 4.79 Å². The van der Waals surface area contributed by atoms with Gasteiger partial charge in [0.15, 0.2) is 5.82 Å². The summed E-state index contributed by atoms with van der Waals surface area (Å²) in [4.78, 5) is 12.8. The Morgan fingerprint density at radius 3 is 3.06 bits per heavy atom. The summed E-state index contributed by atoms with van der Waals surface area (Å²) in [6.07, 6.45) is 1.43. The molecule has 6 heteroatoms. The number of nitrogens with zero attached hydrogens (tertiary/aromatic N) is 4. The molecule has 0 fully saturated rings. The van der Waals surface area contributed by atoms with E-state index in [1.54, 1.807) is 20.0 Å². The van der Waals surface area contributed by atoms with Crippen LogP contribution in [0.15, 0.2) is 12.3 Å². The number of hydrogen-bond acceptors (Lipinski definition) is 6. The van der Waals surface area contributed by atoms with Crippen molar-refractivity contribution in [2.24, 2.45) is 0 Å². The average Bonchev–Trinajstić information content (AvgIpc) is 2.29. The van der Waals surface area contributed by atoms with Crippen molar-refractivity contribution in [2.45, 2.75) is 6.92 Å². The molecule has 1 aromatic heterocycles. The third kappa shape index (κ3) is 2.92. The van der Waals surface area contributed by atoms with E-state index >= 15 is 0 Å². The fraction of sp³-hybridized carbons (Fsp3) is 0.400. The molecule has 0 amide bonds. The lowest BCUT2D eigenvalue weighted by molar-refractivity contribution is -0.141. The molecule has 0 N–H and O–H groups in total. The van der Waals surface area contributed by atoms with E-state index in [0.717, 1.165) is 0 Å². The number of anilines is 1. The summed E-state index contributed by atoms with van der Waals surface area (Å²) in [6, 6.07) is 3.53. The number of esters is 1. The van der Waals surface area contributed by atoms with Gasteiger partial charge >= 0.3 is 5.97 Å². The topological polar surface area (TPSA) is 79.1 Å². The van der Waals surface area contributed by atoms with Gasteiger partial charge in [-0.1, -0.05) is 0 Å². The molecule has 6 nitrogen and oxygen atoms in total. The molecule has 0 aliphatic rings. The highest BCUT2D eigenvalue weighted by Gasteiger charge is 2.13. The lowest BCUT2D eigenvalue weighted by Gasteiger charge is -2.16. The Morgan fingerprint density at radius 2 is 2.44 bits per heavy atom. The quantitative estimate of drug-likeness (QED) is 0.681. The summed E-state index contributed by atoms with van der Waals surface area (Å²) in [6.45, 7) is 2.11. The second-order valence-corrected chi connectivity index (χ2v) is 3.04. The van der Waals surface area contributed by atoms with Gasteiger partial charge in [-0.2, -0.15) is 10.4 Å². The SMILES string of the molecule is CCOC(=O)CN(C)c1nnccc1C#N. The molecule has 0 unspecified atom stereocenters. The van der Waals surface area contributed by atoms with Crippen LogP contribution < -0.4 is 4.90 Å². The third-order valence-corrected chi connectivity index (χ3v) is 1.85. The molecule has 0 spiro atoms. The molecule has 0 radical (unpaired) electrons. The molecular formula is C10H12N4O2. The maximum atomic E-state index is 11.2. The minimum Gasteiger partial charge on any atom is -0.465 e. The molecule has 0 saturated carbocycles. The van der Waals surface area contributed by atoms with Crippen LogP contribution in [0, 0.1) is 11.3 Å². The zero-order valence-corrected chi connectivity index (χ0v) is 9.17. The first-order chi connectivity index (χ1) is 7.69. The number of aromatic nitrogens is 2. The average molecular weight is 220 g/mol. The first-order valence-electron chi connectivity index (χ1n) is 4.77.